The molecule has 5 nitrogen and oxygen atoms in total. The van der Waals surface area contributed by atoms with Crippen LogP contribution in [0.2, 0.25) is 0 Å². The summed E-state index contributed by atoms with van der Waals surface area (Å²) < 4.78 is 8.08. The summed E-state index contributed by atoms with van der Waals surface area (Å²) in [6.07, 6.45) is 5.76. The van der Waals surface area contributed by atoms with Crippen molar-refractivity contribution in [1.82, 2.24) is 19.7 Å². The number of hydrogen-bond donors (Lipinski definition) is 0. The summed E-state index contributed by atoms with van der Waals surface area (Å²) >= 11 is 1.73. The summed E-state index contributed by atoms with van der Waals surface area (Å²) in [5.41, 5.74) is 3.86. The average molecular weight is 332 g/mol. The molecule has 3 heterocycles. The topological polar surface area (TPSA) is 43.2 Å². The van der Waals surface area contributed by atoms with Crippen LogP contribution in [0.4, 0.5) is 0 Å². The van der Waals surface area contributed by atoms with Crippen LogP contribution in [-0.4, -0.2) is 39.4 Å². The van der Waals surface area contributed by atoms with Gasteiger partial charge < -0.3 is 4.74 Å². The van der Waals surface area contributed by atoms with E-state index in [0.717, 1.165) is 43.6 Å². The zero-order valence-corrected chi connectivity index (χ0v) is 14.7. The summed E-state index contributed by atoms with van der Waals surface area (Å²) in [4.78, 5) is 7.14. The summed E-state index contributed by atoms with van der Waals surface area (Å²) in [6.45, 7) is 5.68. The molecule has 0 saturated heterocycles. The first-order chi connectivity index (χ1) is 11.2. The molecule has 2 aliphatic rings. The normalized spacial score (nSPS) is 21.6. The predicted octanol–water partition coefficient (Wildman–Crippen LogP) is 2.71. The molecular weight excluding hydrogens is 308 g/mol. The molecule has 0 amide bonds. The van der Waals surface area contributed by atoms with Gasteiger partial charge in [-0.2, -0.15) is 5.10 Å². The number of aromatic nitrogens is 3. The number of hydrogen-bond acceptors (Lipinski definition) is 5. The maximum absolute atomic E-state index is 6.05. The van der Waals surface area contributed by atoms with Crippen LogP contribution >= 0.6 is 11.3 Å². The van der Waals surface area contributed by atoms with E-state index in [1.165, 1.54) is 29.8 Å². The largest absolute Gasteiger partial charge is 0.379 e. The van der Waals surface area contributed by atoms with Gasteiger partial charge in [-0.3, -0.25) is 9.58 Å². The Morgan fingerprint density at radius 2 is 2.22 bits per heavy atom. The highest BCUT2D eigenvalue weighted by Gasteiger charge is 2.32. The molecule has 0 N–H and O–H groups in total. The van der Waals surface area contributed by atoms with Crippen molar-refractivity contribution in [3.05, 3.63) is 33.5 Å². The van der Waals surface area contributed by atoms with Crippen LogP contribution in [-0.2, 0) is 24.8 Å². The summed E-state index contributed by atoms with van der Waals surface area (Å²) in [5.74, 6) is 0.805. The highest BCUT2D eigenvalue weighted by molar-refractivity contribution is 7.09. The molecule has 1 aliphatic heterocycles. The Bertz CT molecular complexity index is 676. The second kappa shape index (κ2) is 6.34. The van der Waals surface area contributed by atoms with Gasteiger partial charge in [0.2, 0.25) is 0 Å². The number of rotatable bonds is 6. The van der Waals surface area contributed by atoms with E-state index in [-0.39, 0.29) is 6.04 Å². The standard InChI is InChI=1S/C17H24N4OS/c1-12-19-15(11-23-12)8-21-6-5-14-7-18-20(2)17(14)16(21)10-22-9-13-3-4-13/h7,11,13,16H,3-6,8-10H2,1-2H3/t16-/m0/s1. The van der Waals surface area contributed by atoms with Gasteiger partial charge in [-0.25, -0.2) is 4.98 Å². The molecule has 0 bridgehead atoms. The Kier molecular flexibility index (Phi) is 4.22. The van der Waals surface area contributed by atoms with Crippen molar-refractivity contribution in [1.29, 1.82) is 0 Å². The third kappa shape index (κ3) is 3.34. The van der Waals surface area contributed by atoms with E-state index >= 15 is 0 Å². The minimum absolute atomic E-state index is 0.284. The van der Waals surface area contributed by atoms with E-state index < -0.39 is 0 Å². The first-order valence-electron chi connectivity index (χ1n) is 8.44. The average Bonchev–Trinajstić information content (AvgIpc) is 3.16. The Morgan fingerprint density at radius 1 is 1.35 bits per heavy atom. The van der Waals surface area contributed by atoms with Crippen LogP contribution in [0.1, 0.15) is 40.8 Å². The lowest BCUT2D eigenvalue weighted by Gasteiger charge is -2.35. The van der Waals surface area contributed by atoms with E-state index in [4.69, 9.17) is 4.74 Å². The van der Waals surface area contributed by atoms with Crippen molar-refractivity contribution in [3.8, 4) is 0 Å². The molecule has 6 heteroatoms. The second-order valence-corrected chi connectivity index (χ2v) is 7.82. The third-order valence-corrected chi connectivity index (χ3v) is 5.67. The molecule has 1 saturated carbocycles. The molecule has 2 aromatic heterocycles. The Morgan fingerprint density at radius 3 is 2.96 bits per heavy atom. The molecule has 0 radical (unpaired) electrons. The van der Waals surface area contributed by atoms with Crippen molar-refractivity contribution < 1.29 is 4.74 Å². The monoisotopic (exact) mass is 332 g/mol. The molecule has 124 valence electrons. The molecule has 1 atom stereocenters. The van der Waals surface area contributed by atoms with Crippen molar-refractivity contribution in [2.24, 2.45) is 13.0 Å². The number of ether oxygens (including phenoxy) is 1. The van der Waals surface area contributed by atoms with Crippen LogP contribution in [0.25, 0.3) is 0 Å². The maximum atomic E-state index is 6.05. The van der Waals surface area contributed by atoms with Crippen LogP contribution in [0, 0.1) is 12.8 Å². The SMILES string of the molecule is Cc1nc(CN2CCc3cnn(C)c3[C@@H]2COCC2CC2)cs1. The molecule has 2 aromatic rings. The number of thiazole rings is 1. The fraction of sp³-hybridized carbons (Fsp3) is 0.647. The van der Waals surface area contributed by atoms with E-state index in [0.29, 0.717) is 0 Å². The van der Waals surface area contributed by atoms with Gasteiger partial charge in [0.1, 0.15) is 0 Å². The molecule has 1 fully saturated rings. The van der Waals surface area contributed by atoms with Crippen LogP contribution in [0.15, 0.2) is 11.6 Å². The molecule has 23 heavy (non-hydrogen) atoms. The van der Waals surface area contributed by atoms with Gasteiger partial charge in [0.15, 0.2) is 0 Å². The van der Waals surface area contributed by atoms with Gasteiger partial charge in [0, 0.05) is 32.1 Å². The smallest absolute Gasteiger partial charge is 0.0897 e. The van der Waals surface area contributed by atoms with Gasteiger partial charge in [-0.05, 0) is 37.7 Å². The van der Waals surface area contributed by atoms with Crippen LogP contribution < -0.4 is 0 Å². The minimum atomic E-state index is 0.284. The van der Waals surface area contributed by atoms with Gasteiger partial charge in [0.25, 0.3) is 0 Å². The second-order valence-electron chi connectivity index (χ2n) is 6.75. The quantitative estimate of drug-likeness (QED) is 0.816. The lowest BCUT2D eigenvalue weighted by molar-refractivity contribution is 0.0408. The summed E-state index contributed by atoms with van der Waals surface area (Å²) in [5, 5.41) is 7.79. The molecule has 0 spiro atoms. The third-order valence-electron chi connectivity index (χ3n) is 4.85. The van der Waals surface area contributed by atoms with Gasteiger partial charge in [0.05, 0.1) is 35.2 Å². The Labute approximate surface area is 141 Å². The molecule has 4 rings (SSSR count). The molecule has 1 aliphatic carbocycles. The maximum Gasteiger partial charge on any atom is 0.0897 e. The van der Waals surface area contributed by atoms with Crippen LogP contribution in [0.3, 0.4) is 0 Å². The highest BCUT2D eigenvalue weighted by Crippen LogP contribution is 2.33. The lowest BCUT2D eigenvalue weighted by atomic mass is 10.00. The highest BCUT2D eigenvalue weighted by atomic mass is 32.1. The van der Waals surface area contributed by atoms with Crippen molar-refractivity contribution in [2.75, 3.05) is 19.8 Å². The van der Waals surface area contributed by atoms with E-state index in [1.807, 2.05) is 17.9 Å². The van der Waals surface area contributed by atoms with Gasteiger partial charge in [-0.15, -0.1) is 11.3 Å². The summed E-state index contributed by atoms with van der Waals surface area (Å²) in [6, 6.07) is 0.284. The number of nitrogens with zero attached hydrogens (tertiary/aromatic N) is 4. The predicted molar refractivity (Wildman–Crippen MR) is 90.5 cm³/mol. The molecule has 0 unspecified atom stereocenters. The Balaban J connectivity index is 1.52. The van der Waals surface area contributed by atoms with Gasteiger partial charge >= 0.3 is 0 Å². The van der Waals surface area contributed by atoms with Crippen molar-refractivity contribution >= 4 is 11.3 Å². The summed E-state index contributed by atoms with van der Waals surface area (Å²) in [7, 11) is 2.04. The van der Waals surface area contributed by atoms with Crippen molar-refractivity contribution in [3.63, 3.8) is 0 Å². The Hall–Kier alpha value is -1.24. The van der Waals surface area contributed by atoms with Crippen molar-refractivity contribution in [2.45, 2.75) is 38.8 Å². The zero-order valence-electron chi connectivity index (χ0n) is 13.9. The first-order valence-corrected chi connectivity index (χ1v) is 9.32. The number of fused-ring (bicyclic) bond motifs is 1. The fourth-order valence-electron chi connectivity index (χ4n) is 3.40. The zero-order chi connectivity index (χ0) is 15.8. The van der Waals surface area contributed by atoms with E-state index in [1.54, 1.807) is 11.3 Å². The van der Waals surface area contributed by atoms with E-state index in [9.17, 15) is 0 Å². The number of aryl methyl sites for hydroxylation is 2. The van der Waals surface area contributed by atoms with Crippen LogP contribution in [0.5, 0.6) is 0 Å². The first kappa shape index (κ1) is 15.3. The lowest BCUT2D eigenvalue weighted by Crippen LogP contribution is -2.38. The van der Waals surface area contributed by atoms with E-state index in [2.05, 4.69) is 27.3 Å². The fourth-order valence-corrected chi connectivity index (χ4v) is 4.00. The van der Waals surface area contributed by atoms with Gasteiger partial charge in [-0.1, -0.05) is 0 Å². The molecule has 0 aromatic carbocycles. The molecular formula is C17H24N4OS. The minimum Gasteiger partial charge on any atom is -0.379 e.